The Morgan fingerprint density at radius 2 is 1.92 bits per heavy atom. The summed E-state index contributed by atoms with van der Waals surface area (Å²) in [5.74, 6) is -0.910. The summed E-state index contributed by atoms with van der Waals surface area (Å²) in [5, 5.41) is 10.2. The Morgan fingerprint density at radius 1 is 1.24 bits per heavy atom. The number of sulfonamides is 1. The van der Waals surface area contributed by atoms with E-state index in [-0.39, 0.29) is 18.2 Å². The molecule has 1 fully saturated rings. The molecule has 1 N–H and O–H groups in total. The third-order valence-electron chi connectivity index (χ3n) is 4.41. The van der Waals surface area contributed by atoms with Crippen molar-refractivity contribution in [3.63, 3.8) is 0 Å². The molecule has 0 amide bonds. The molecule has 8 nitrogen and oxygen atoms in total. The average Bonchev–Trinajstić information content (AvgIpc) is 3.06. The van der Waals surface area contributed by atoms with Crippen molar-refractivity contribution in [2.75, 3.05) is 26.5 Å². The lowest BCUT2D eigenvalue weighted by Crippen LogP contribution is -2.32. The number of hydrogen-bond donors (Lipinski definition) is 1. The van der Waals surface area contributed by atoms with Crippen molar-refractivity contribution >= 4 is 15.8 Å². The van der Waals surface area contributed by atoms with Crippen molar-refractivity contribution in [3.8, 4) is 11.5 Å². The largest absolute Gasteiger partial charge is 0.501 e. The minimum atomic E-state index is -3.59. The molecule has 1 atom stereocenters. The number of ether oxygens (including phenoxy) is 3. The zero-order valence-electron chi connectivity index (χ0n) is 14.1. The molecule has 136 valence electrons. The molecule has 2 heterocycles. The standard InChI is InChI=1S/C16H19NO7S/c1-16(10-5-6-11(22-2)12(9-10)23-3)14(19)13(18)15(24-16)17-7-4-8-25(17,20)21/h5-6,9,18H,4,7-8H2,1-3H3. The summed E-state index contributed by atoms with van der Waals surface area (Å²) >= 11 is 0. The van der Waals surface area contributed by atoms with E-state index in [4.69, 9.17) is 14.2 Å². The maximum Gasteiger partial charge on any atom is 0.252 e. The summed E-state index contributed by atoms with van der Waals surface area (Å²) in [4.78, 5) is 12.6. The van der Waals surface area contributed by atoms with E-state index in [1.165, 1.54) is 21.1 Å². The third-order valence-corrected chi connectivity index (χ3v) is 6.24. The van der Waals surface area contributed by atoms with Crippen molar-refractivity contribution in [2.45, 2.75) is 18.9 Å². The van der Waals surface area contributed by atoms with Gasteiger partial charge in [-0.2, -0.15) is 0 Å². The highest BCUT2D eigenvalue weighted by Crippen LogP contribution is 2.43. The molecular formula is C16H19NO7S. The van der Waals surface area contributed by atoms with E-state index in [0.29, 0.717) is 23.5 Å². The molecule has 2 aliphatic heterocycles. The highest BCUT2D eigenvalue weighted by molar-refractivity contribution is 7.89. The van der Waals surface area contributed by atoms with Gasteiger partial charge >= 0.3 is 0 Å². The van der Waals surface area contributed by atoms with Crippen molar-refractivity contribution in [3.05, 3.63) is 35.4 Å². The summed E-state index contributed by atoms with van der Waals surface area (Å²) in [5.41, 5.74) is -1.15. The molecule has 0 aliphatic carbocycles. The van der Waals surface area contributed by atoms with Crippen molar-refractivity contribution in [1.29, 1.82) is 0 Å². The Morgan fingerprint density at radius 3 is 2.48 bits per heavy atom. The SMILES string of the molecule is COc1ccc(C2(C)OC(N3CCCS3(=O)=O)=C(O)C2=O)cc1OC. The first-order valence-corrected chi connectivity index (χ1v) is 9.25. The maximum absolute atomic E-state index is 12.6. The highest BCUT2D eigenvalue weighted by atomic mass is 32.2. The van der Waals surface area contributed by atoms with Crippen LogP contribution in [0, 0.1) is 0 Å². The first-order chi connectivity index (χ1) is 11.7. The fourth-order valence-electron chi connectivity index (χ4n) is 2.97. The monoisotopic (exact) mass is 369 g/mol. The number of aliphatic hydroxyl groups excluding tert-OH is 1. The Bertz CT molecular complexity index is 861. The second-order valence-corrected chi connectivity index (χ2v) is 7.94. The molecule has 0 radical (unpaired) electrons. The van der Waals surface area contributed by atoms with Gasteiger partial charge in [0, 0.05) is 12.1 Å². The zero-order chi connectivity index (χ0) is 18.4. The number of carbonyl (C=O) groups excluding carboxylic acids is 1. The van der Waals surface area contributed by atoms with E-state index in [2.05, 4.69) is 0 Å². The van der Waals surface area contributed by atoms with Crippen LogP contribution < -0.4 is 9.47 Å². The predicted molar refractivity (Wildman–Crippen MR) is 87.8 cm³/mol. The second-order valence-electron chi connectivity index (χ2n) is 5.93. The van der Waals surface area contributed by atoms with Crippen LogP contribution in [-0.4, -0.2) is 50.1 Å². The Labute approximate surface area is 145 Å². The topological polar surface area (TPSA) is 102 Å². The van der Waals surface area contributed by atoms with Crippen LogP contribution in [0.2, 0.25) is 0 Å². The quantitative estimate of drug-likeness (QED) is 0.853. The molecule has 2 aliphatic rings. The van der Waals surface area contributed by atoms with Crippen LogP contribution in [0.25, 0.3) is 0 Å². The van der Waals surface area contributed by atoms with Crippen LogP contribution in [0.1, 0.15) is 18.9 Å². The van der Waals surface area contributed by atoms with Crippen LogP contribution in [0.15, 0.2) is 29.8 Å². The molecule has 3 rings (SSSR count). The lowest BCUT2D eigenvalue weighted by Gasteiger charge is -2.26. The van der Waals surface area contributed by atoms with Gasteiger partial charge in [0.05, 0.1) is 20.0 Å². The van der Waals surface area contributed by atoms with Crippen molar-refractivity contribution < 1.29 is 32.5 Å². The lowest BCUT2D eigenvalue weighted by molar-refractivity contribution is -0.132. The number of Topliss-reactive ketones (excluding diaryl/α,β-unsaturated/α-hetero) is 1. The van der Waals surface area contributed by atoms with E-state index in [1.54, 1.807) is 18.2 Å². The van der Waals surface area contributed by atoms with Crippen LogP contribution in [0.3, 0.4) is 0 Å². The first kappa shape index (κ1) is 17.4. The molecule has 1 saturated heterocycles. The van der Waals surface area contributed by atoms with Gasteiger partial charge in [-0.15, -0.1) is 0 Å². The lowest BCUT2D eigenvalue weighted by atomic mass is 9.91. The smallest absolute Gasteiger partial charge is 0.252 e. The summed E-state index contributed by atoms with van der Waals surface area (Å²) in [6.45, 7) is 1.64. The number of carbonyl (C=O) groups is 1. The van der Waals surface area contributed by atoms with E-state index in [1.807, 2.05) is 0 Å². The molecule has 9 heteroatoms. The zero-order valence-corrected chi connectivity index (χ0v) is 14.9. The maximum atomic E-state index is 12.6. The van der Waals surface area contributed by atoms with Gasteiger partial charge in [-0.3, -0.25) is 4.79 Å². The van der Waals surface area contributed by atoms with Gasteiger partial charge in [0.25, 0.3) is 11.7 Å². The average molecular weight is 369 g/mol. The van der Waals surface area contributed by atoms with Crippen LogP contribution in [0.4, 0.5) is 0 Å². The summed E-state index contributed by atoms with van der Waals surface area (Å²) in [6.07, 6.45) is 0.406. The normalized spacial score (nSPS) is 25.2. The fourth-order valence-corrected chi connectivity index (χ4v) is 4.47. The van der Waals surface area contributed by atoms with E-state index < -0.39 is 27.2 Å². The molecule has 0 spiro atoms. The third kappa shape index (κ3) is 2.58. The van der Waals surface area contributed by atoms with Crippen molar-refractivity contribution in [1.82, 2.24) is 4.31 Å². The molecule has 0 saturated carbocycles. The number of hydrogen-bond acceptors (Lipinski definition) is 7. The molecule has 0 aromatic heterocycles. The number of ketones is 1. The number of aliphatic hydroxyl groups is 1. The fraction of sp³-hybridized carbons (Fsp3) is 0.438. The summed E-state index contributed by atoms with van der Waals surface area (Å²) < 4.78 is 41.2. The van der Waals surface area contributed by atoms with Crippen LogP contribution in [-0.2, 0) is 25.2 Å². The number of methoxy groups -OCH3 is 2. The molecule has 1 aromatic carbocycles. The van der Waals surface area contributed by atoms with E-state index in [0.717, 1.165) is 4.31 Å². The Balaban J connectivity index is 2.01. The van der Waals surface area contributed by atoms with Crippen LogP contribution >= 0.6 is 0 Å². The Kier molecular flexibility index (Phi) is 4.06. The minimum absolute atomic E-state index is 0.0472. The first-order valence-electron chi connectivity index (χ1n) is 7.64. The Hall–Kier alpha value is -2.42. The van der Waals surface area contributed by atoms with Gasteiger partial charge in [-0.05, 0) is 25.5 Å². The van der Waals surface area contributed by atoms with E-state index >= 15 is 0 Å². The number of rotatable bonds is 4. The van der Waals surface area contributed by atoms with Gasteiger partial charge in [0.1, 0.15) is 0 Å². The van der Waals surface area contributed by atoms with Gasteiger partial charge in [0.2, 0.25) is 15.8 Å². The summed E-state index contributed by atoms with van der Waals surface area (Å²) in [6, 6.07) is 4.77. The molecule has 1 unspecified atom stereocenters. The molecule has 1 aromatic rings. The molecule has 0 bridgehead atoms. The van der Waals surface area contributed by atoms with Gasteiger partial charge in [0.15, 0.2) is 17.1 Å². The minimum Gasteiger partial charge on any atom is -0.501 e. The number of benzene rings is 1. The predicted octanol–water partition coefficient (Wildman–Crippen LogP) is 1.28. The summed E-state index contributed by atoms with van der Waals surface area (Å²) in [7, 11) is -0.645. The molecule has 25 heavy (non-hydrogen) atoms. The van der Waals surface area contributed by atoms with Gasteiger partial charge in [-0.1, -0.05) is 6.07 Å². The molecular weight excluding hydrogens is 350 g/mol. The van der Waals surface area contributed by atoms with Crippen LogP contribution in [0.5, 0.6) is 11.5 Å². The van der Waals surface area contributed by atoms with E-state index in [9.17, 15) is 18.3 Å². The number of nitrogens with zero attached hydrogens (tertiary/aromatic N) is 1. The van der Waals surface area contributed by atoms with Crippen molar-refractivity contribution in [2.24, 2.45) is 0 Å². The van der Waals surface area contributed by atoms with Gasteiger partial charge in [-0.25, -0.2) is 12.7 Å². The second kappa shape index (κ2) is 5.83. The highest BCUT2D eigenvalue weighted by Gasteiger charge is 2.51. The van der Waals surface area contributed by atoms with Gasteiger partial charge < -0.3 is 19.3 Å².